The number of nitrogen functional groups attached to an aromatic ring is 1. The van der Waals surface area contributed by atoms with Crippen LogP contribution in [0.5, 0.6) is 0 Å². The van der Waals surface area contributed by atoms with Crippen LogP contribution in [0.4, 0.5) is 5.82 Å². The topological polar surface area (TPSA) is 38.9 Å². The van der Waals surface area contributed by atoms with E-state index in [0.29, 0.717) is 5.82 Å². The van der Waals surface area contributed by atoms with E-state index >= 15 is 0 Å². The Kier molecular flexibility index (Phi) is 4.20. The van der Waals surface area contributed by atoms with Gasteiger partial charge in [0.05, 0.1) is 0 Å². The molecule has 100 valence electrons. The number of anilines is 1. The van der Waals surface area contributed by atoms with Gasteiger partial charge in [0.2, 0.25) is 0 Å². The van der Waals surface area contributed by atoms with Crippen LogP contribution in [0, 0.1) is 0 Å². The minimum atomic E-state index is 0.621. The molecular formula is C17H22N2. The van der Waals surface area contributed by atoms with Gasteiger partial charge in [0, 0.05) is 11.8 Å². The van der Waals surface area contributed by atoms with Crippen molar-refractivity contribution in [3.63, 3.8) is 0 Å². The first-order chi connectivity index (χ1) is 9.21. The van der Waals surface area contributed by atoms with Gasteiger partial charge in [-0.25, -0.2) is 4.98 Å². The van der Waals surface area contributed by atoms with Gasteiger partial charge in [0.25, 0.3) is 0 Å². The Balaban J connectivity index is 2.71. The predicted octanol–water partition coefficient (Wildman–Crippen LogP) is 4.02. The fraction of sp³-hybridized carbons (Fsp3) is 0.353. The van der Waals surface area contributed by atoms with Gasteiger partial charge in [-0.2, -0.15) is 0 Å². The molecule has 2 heteroatoms. The number of pyridine rings is 1. The number of aryl methyl sites for hydroxylation is 3. The van der Waals surface area contributed by atoms with Crippen molar-refractivity contribution in [1.29, 1.82) is 0 Å². The molecule has 0 fully saturated rings. The number of benzene rings is 1. The van der Waals surface area contributed by atoms with Crippen molar-refractivity contribution in [2.75, 3.05) is 5.73 Å². The number of hydrogen-bond acceptors (Lipinski definition) is 2. The van der Waals surface area contributed by atoms with Crippen LogP contribution in [-0.2, 0) is 19.3 Å². The second kappa shape index (κ2) is 5.87. The van der Waals surface area contributed by atoms with Gasteiger partial charge in [-0.1, -0.05) is 32.9 Å². The highest BCUT2D eigenvalue weighted by atomic mass is 14.8. The Bertz CT molecular complexity index is 548. The second-order valence-electron chi connectivity index (χ2n) is 4.79. The van der Waals surface area contributed by atoms with Crippen LogP contribution in [0.1, 0.15) is 37.5 Å². The van der Waals surface area contributed by atoms with Gasteiger partial charge in [-0.15, -0.1) is 0 Å². The largest absolute Gasteiger partial charge is 0.383 e. The van der Waals surface area contributed by atoms with Crippen LogP contribution in [0.25, 0.3) is 11.1 Å². The first kappa shape index (κ1) is 13.6. The first-order valence-corrected chi connectivity index (χ1v) is 7.06. The summed E-state index contributed by atoms with van der Waals surface area (Å²) in [5.74, 6) is 0.621. The van der Waals surface area contributed by atoms with Crippen molar-refractivity contribution in [3.8, 4) is 11.1 Å². The third-order valence-electron chi connectivity index (χ3n) is 3.64. The molecular weight excluding hydrogens is 232 g/mol. The lowest BCUT2D eigenvalue weighted by Gasteiger charge is -2.16. The average Bonchev–Trinajstić information content (AvgIpc) is 2.46. The Hall–Kier alpha value is -1.83. The zero-order valence-electron chi connectivity index (χ0n) is 12.0. The fourth-order valence-electron chi connectivity index (χ4n) is 2.58. The van der Waals surface area contributed by atoms with Gasteiger partial charge in [-0.3, -0.25) is 0 Å². The van der Waals surface area contributed by atoms with E-state index in [1.165, 1.54) is 22.3 Å². The number of rotatable bonds is 4. The van der Waals surface area contributed by atoms with E-state index in [2.05, 4.69) is 44.0 Å². The van der Waals surface area contributed by atoms with Crippen LogP contribution in [0.15, 0.2) is 30.5 Å². The number of aromatic nitrogens is 1. The zero-order chi connectivity index (χ0) is 13.8. The minimum Gasteiger partial charge on any atom is -0.383 e. The Morgan fingerprint density at radius 3 is 2.11 bits per heavy atom. The summed E-state index contributed by atoms with van der Waals surface area (Å²) in [4.78, 5) is 4.23. The van der Waals surface area contributed by atoms with Gasteiger partial charge in [0.15, 0.2) is 0 Å². The molecule has 0 saturated carbocycles. The lowest BCUT2D eigenvalue weighted by atomic mass is 9.89. The highest BCUT2D eigenvalue weighted by molar-refractivity contribution is 5.79. The maximum atomic E-state index is 6.06. The van der Waals surface area contributed by atoms with Gasteiger partial charge in [-0.05, 0) is 53.6 Å². The molecule has 0 saturated heterocycles. The lowest BCUT2D eigenvalue weighted by Crippen LogP contribution is -2.01. The summed E-state index contributed by atoms with van der Waals surface area (Å²) in [5.41, 5.74) is 12.6. The van der Waals surface area contributed by atoms with Crippen molar-refractivity contribution in [2.45, 2.75) is 40.0 Å². The highest BCUT2D eigenvalue weighted by Crippen LogP contribution is 2.33. The molecule has 1 heterocycles. The predicted molar refractivity (Wildman–Crippen MR) is 82.2 cm³/mol. The molecule has 1 aromatic heterocycles. The Morgan fingerprint density at radius 1 is 1.00 bits per heavy atom. The molecule has 2 aromatic rings. The summed E-state index contributed by atoms with van der Waals surface area (Å²) in [6, 6.07) is 8.64. The van der Waals surface area contributed by atoms with Crippen LogP contribution in [-0.4, -0.2) is 4.98 Å². The highest BCUT2D eigenvalue weighted by Gasteiger charge is 2.13. The number of nitrogens with zero attached hydrogens (tertiary/aromatic N) is 1. The van der Waals surface area contributed by atoms with E-state index in [-0.39, 0.29) is 0 Å². The van der Waals surface area contributed by atoms with E-state index in [4.69, 9.17) is 5.73 Å². The van der Waals surface area contributed by atoms with Crippen molar-refractivity contribution < 1.29 is 0 Å². The summed E-state index contributed by atoms with van der Waals surface area (Å²) in [6.07, 6.45) is 4.86. The molecule has 0 unspecified atom stereocenters. The SMILES string of the molecule is CCc1cc(CC)c(-c2cccnc2N)c(CC)c1. The van der Waals surface area contributed by atoms with E-state index in [0.717, 1.165) is 24.8 Å². The molecule has 0 aliphatic rings. The van der Waals surface area contributed by atoms with Crippen LogP contribution >= 0.6 is 0 Å². The van der Waals surface area contributed by atoms with E-state index in [1.54, 1.807) is 6.20 Å². The van der Waals surface area contributed by atoms with E-state index in [9.17, 15) is 0 Å². The lowest BCUT2D eigenvalue weighted by molar-refractivity contribution is 1.05. The molecule has 2 nitrogen and oxygen atoms in total. The Morgan fingerprint density at radius 2 is 1.63 bits per heavy atom. The monoisotopic (exact) mass is 254 g/mol. The zero-order valence-corrected chi connectivity index (χ0v) is 12.0. The molecule has 2 N–H and O–H groups in total. The normalized spacial score (nSPS) is 10.7. The summed E-state index contributed by atoms with van der Waals surface area (Å²) >= 11 is 0. The second-order valence-corrected chi connectivity index (χ2v) is 4.79. The molecule has 0 atom stereocenters. The van der Waals surface area contributed by atoms with Crippen LogP contribution in [0.2, 0.25) is 0 Å². The molecule has 1 aromatic carbocycles. The summed E-state index contributed by atoms with van der Waals surface area (Å²) < 4.78 is 0. The van der Waals surface area contributed by atoms with Gasteiger partial charge < -0.3 is 5.73 Å². The van der Waals surface area contributed by atoms with Crippen molar-refractivity contribution >= 4 is 5.82 Å². The maximum absolute atomic E-state index is 6.06. The third kappa shape index (κ3) is 2.62. The van der Waals surface area contributed by atoms with E-state index < -0.39 is 0 Å². The number of hydrogen-bond donors (Lipinski definition) is 1. The molecule has 0 amide bonds. The fourth-order valence-corrected chi connectivity index (χ4v) is 2.58. The maximum Gasteiger partial charge on any atom is 0.131 e. The molecule has 0 spiro atoms. The smallest absolute Gasteiger partial charge is 0.131 e. The number of nitrogens with two attached hydrogens (primary N) is 1. The molecule has 0 aliphatic carbocycles. The van der Waals surface area contributed by atoms with Gasteiger partial charge in [0.1, 0.15) is 5.82 Å². The molecule has 0 bridgehead atoms. The molecule has 0 aliphatic heterocycles. The van der Waals surface area contributed by atoms with Crippen LogP contribution in [0.3, 0.4) is 0 Å². The van der Waals surface area contributed by atoms with Crippen LogP contribution < -0.4 is 5.73 Å². The first-order valence-electron chi connectivity index (χ1n) is 7.06. The summed E-state index contributed by atoms with van der Waals surface area (Å²) in [5, 5.41) is 0. The molecule has 19 heavy (non-hydrogen) atoms. The minimum absolute atomic E-state index is 0.621. The summed E-state index contributed by atoms with van der Waals surface area (Å²) in [6.45, 7) is 6.60. The molecule has 2 rings (SSSR count). The standard InChI is InChI=1S/C17H22N2/c1-4-12-10-13(5-2)16(14(6-3)11-12)15-8-7-9-19-17(15)18/h7-11H,4-6H2,1-3H3,(H2,18,19). The third-order valence-corrected chi connectivity index (χ3v) is 3.64. The van der Waals surface area contributed by atoms with Crippen molar-refractivity contribution in [3.05, 3.63) is 47.2 Å². The Labute approximate surface area is 115 Å². The summed E-state index contributed by atoms with van der Waals surface area (Å²) in [7, 11) is 0. The van der Waals surface area contributed by atoms with Crippen molar-refractivity contribution in [2.24, 2.45) is 0 Å². The quantitative estimate of drug-likeness (QED) is 0.895. The average molecular weight is 254 g/mol. The van der Waals surface area contributed by atoms with Gasteiger partial charge >= 0.3 is 0 Å². The molecule has 0 radical (unpaired) electrons. The van der Waals surface area contributed by atoms with E-state index in [1.807, 2.05) is 6.07 Å². The van der Waals surface area contributed by atoms with Crippen molar-refractivity contribution in [1.82, 2.24) is 4.98 Å².